The lowest BCUT2D eigenvalue weighted by molar-refractivity contribution is 0.552. The van der Waals surface area contributed by atoms with Crippen molar-refractivity contribution >= 4 is 23.5 Å². The van der Waals surface area contributed by atoms with Crippen molar-refractivity contribution in [2.75, 3.05) is 17.3 Å². The molecule has 1 saturated heterocycles. The first-order chi connectivity index (χ1) is 8.20. The molecule has 94 valence electrons. The highest BCUT2D eigenvalue weighted by Crippen LogP contribution is 2.33. The molecule has 17 heavy (non-hydrogen) atoms. The molecule has 0 saturated carbocycles. The molecule has 0 radical (unpaired) electrons. The zero-order valence-corrected chi connectivity index (χ0v) is 12.0. The van der Waals surface area contributed by atoms with Crippen molar-refractivity contribution in [3.63, 3.8) is 0 Å². The minimum absolute atomic E-state index is 0.270. The van der Waals surface area contributed by atoms with E-state index in [1.54, 1.807) is 0 Å². The summed E-state index contributed by atoms with van der Waals surface area (Å²) in [5, 5.41) is 0.583. The lowest BCUT2D eigenvalue weighted by Gasteiger charge is -2.29. The number of thioether (sulfide) groups is 2. The second-order valence-electron chi connectivity index (χ2n) is 4.55. The molecule has 1 aromatic rings. The summed E-state index contributed by atoms with van der Waals surface area (Å²) < 4.78 is 0. The highest BCUT2D eigenvalue weighted by atomic mass is 32.2. The van der Waals surface area contributed by atoms with Crippen LogP contribution in [0.25, 0.3) is 0 Å². The van der Waals surface area contributed by atoms with E-state index in [-0.39, 0.29) is 6.04 Å². The van der Waals surface area contributed by atoms with E-state index in [2.05, 4.69) is 37.5 Å². The van der Waals surface area contributed by atoms with Gasteiger partial charge in [-0.2, -0.15) is 23.5 Å². The van der Waals surface area contributed by atoms with E-state index in [9.17, 15) is 0 Å². The molecule has 1 aliphatic heterocycles. The zero-order chi connectivity index (χ0) is 12.3. The van der Waals surface area contributed by atoms with E-state index < -0.39 is 0 Å². The van der Waals surface area contributed by atoms with Crippen molar-refractivity contribution in [1.82, 2.24) is 5.43 Å². The Hall–Kier alpha value is -0.160. The average molecular weight is 268 g/mol. The molecular formula is C13H20N2S2. The Morgan fingerprint density at radius 3 is 2.47 bits per heavy atom. The highest BCUT2D eigenvalue weighted by Gasteiger charge is 2.25. The van der Waals surface area contributed by atoms with Crippen LogP contribution in [0.4, 0.5) is 0 Å². The first-order valence-electron chi connectivity index (χ1n) is 5.94. The number of hydrogen-bond acceptors (Lipinski definition) is 4. The summed E-state index contributed by atoms with van der Waals surface area (Å²) in [4.78, 5) is 0. The molecule has 2 nitrogen and oxygen atoms in total. The molecule has 0 bridgehead atoms. The van der Waals surface area contributed by atoms with Crippen LogP contribution in [0.1, 0.15) is 22.7 Å². The first kappa shape index (κ1) is 13.3. The third-order valence-electron chi connectivity index (χ3n) is 3.00. The van der Waals surface area contributed by atoms with Crippen LogP contribution in [0.5, 0.6) is 0 Å². The fourth-order valence-corrected chi connectivity index (χ4v) is 5.16. The van der Waals surface area contributed by atoms with Crippen molar-refractivity contribution in [3.8, 4) is 0 Å². The molecule has 2 unspecified atom stereocenters. The smallest absolute Gasteiger partial charge is 0.0586 e. The van der Waals surface area contributed by atoms with Gasteiger partial charge in [-0.05, 0) is 19.4 Å². The van der Waals surface area contributed by atoms with Crippen molar-refractivity contribution in [2.24, 2.45) is 5.84 Å². The fraction of sp³-hybridized carbons (Fsp3) is 0.538. The molecule has 1 fully saturated rings. The highest BCUT2D eigenvalue weighted by molar-refractivity contribution is 8.06. The number of nitrogens with two attached hydrogens (primary N) is 1. The normalized spacial score (nSPS) is 22.4. The molecule has 2 atom stereocenters. The number of benzene rings is 1. The minimum atomic E-state index is 0.270. The van der Waals surface area contributed by atoms with Gasteiger partial charge in [-0.25, -0.2) is 0 Å². The topological polar surface area (TPSA) is 38.0 Å². The summed E-state index contributed by atoms with van der Waals surface area (Å²) in [5.41, 5.74) is 6.96. The monoisotopic (exact) mass is 268 g/mol. The van der Waals surface area contributed by atoms with Crippen molar-refractivity contribution in [2.45, 2.75) is 25.1 Å². The maximum absolute atomic E-state index is 5.76. The third kappa shape index (κ3) is 3.41. The number of hydrazine groups is 1. The van der Waals surface area contributed by atoms with E-state index in [1.165, 1.54) is 33.9 Å². The maximum Gasteiger partial charge on any atom is 0.0586 e. The zero-order valence-electron chi connectivity index (χ0n) is 10.4. The van der Waals surface area contributed by atoms with Crippen LogP contribution >= 0.6 is 23.5 Å². The number of hydrogen-bond donors (Lipinski definition) is 2. The van der Waals surface area contributed by atoms with Crippen LogP contribution in [0.3, 0.4) is 0 Å². The fourth-order valence-electron chi connectivity index (χ4n) is 2.31. The van der Waals surface area contributed by atoms with Crippen molar-refractivity contribution in [3.05, 3.63) is 34.9 Å². The van der Waals surface area contributed by atoms with Gasteiger partial charge in [0.05, 0.1) is 6.04 Å². The first-order valence-corrected chi connectivity index (χ1v) is 8.14. The van der Waals surface area contributed by atoms with E-state index in [0.717, 1.165) is 0 Å². The van der Waals surface area contributed by atoms with Gasteiger partial charge in [-0.3, -0.25) is 11.3 Å². The van der Waals surface area contributed by atoms with Crippen LogP contribution in [0, 0.1) is 13.8 Å². The average Bonchev–Trinajstić information content (AvgIpc) is 2.30. The van der Waals surface area contributed by atoms with Gasteiger partial charge >= 0.3 is 0 Å². The summed E-state index contributed by atoms with van der Waals surface area (Å²) in [7, 11) is 0. The van der Waals surface area contributed by atoms with Gasteiger partial charge < -0.3 is 0 Å². The summed E-state index contributed by atoms with van der Waals surface area (Å²) in [6, 6.07) is 6.97. The molecule has 3 N–H and O–H groups in total. The Labute approximate surface area is 112 Å². The van der Waals surface area contributed by atoms with Crippen LogP contribution in [-0.2, 0) is 0 Å². The number of rotatable bonds is 3. The van der Waals surface area contributed by atoms with Crippen LogP contribution in [0.15, 0.2) is 18.2 Å². The predicted molar refractivity (Wildman–Crippen MR) is 79.6 cm³/mol. The largest absolute Gasteiger partial charge is 0.271 e. The molecule has 1 aromatic carbocycles. The summed E-state index contributed by atoms with van der Waals surface area (Å²) in [5.74, 6) is 9.45. The Bertz CT molecular complexity index is 355. The molecule has 0 aliphatic carbocycles. The Morgan fingerprint density at radius 2 is 1.94 bits per heavy atom. The molecular weight excluding hydrogens is 248 g/mol. The number of aryl methyl sites for hydroxylation is 2. The van der Waals surface area contributed by atoms with Gasteiger partial charge in [-0.15, -0.1) is 0 Å². The molecule has 0 spiro atoms. The number of nitrogens with one attached hydrogen (secondary N) is 1. The predicted octanol–water partition coefficient (Wildman–Crippen LogP) is 2.66. The molecule has 2 rings (SSSR count). The van der Waals surface area contributed by atoms with E-state index in [4.69, 9.17) is 5.84 Å². The van der Waals surface area contributed by atoms with Gasteiger partial charge in [-0.1, -0.05) is 29.3 Å². The van der Waals surface area contributed by atoms with Gasteiger partial charge in [0.25, 0.3) is 0 Å². The minimum Gasteiger partial charge on any atom is -0.271 e. The van der Waals surface area contributed by atoms with Crippen LogP contribution in [-0.4, -0.2) is 22.5 Å². The lowest BCUT2D eigenvalue weighted by atomic mass is 10.00. The molecule has 1 aliphatic rings. The second-order valence-corrected chi connectivity index (χ2v) is 7.05. The standard InChI is InChI=1S/C13H20N2S2/c1-9-5-10(2)7-11(6-9)13(15-14)12-8-16-3-4-17-12/h5-7,12-13,15H,3-4,8,14H2,1-2H3. The summed E-state index contributed by atoms with van der Waals surface area (Å²) in [6.45, 7) is 4.29. The third-order valence-corrected chi connectivity index (χ3v) is 5.86. The Morgan fingerprint density at radius 1 is 1.24 bits per heavy atom. The molecule has 1 heterocycles. The maximum atomic E-state index is 5.76. The van der Waals surface area contributed by atoms with Crippen molar-refractivity contribution in [1.29, 1.82) is 0 Å². The SMILES string of the molecule is Cc1cc(C)cc(C(NN)C2CSCCS2)c1. The van der Waals surface area contributed by atoms with Crippen LogP contribution < -0.4 is 11.3 Å². The van der Waals surface area contributed by atoms with Gasteiger partial charge in [0.2, 0.25) is 0 Å². The van der Waals surface area contributed by atoms with E-state index in [1.807, 2.05) is 23.5 Å². The Kier molecular flexibility index (Phi) is 4.79. The van der Waals surface area contributed by atoms with Gasteiger partial charge in [0, 0.05) is 22.5 Å². The quantitative estimate of drug-likeness (QED) is 0.653. The molecule has 0 aromatic heterocycles. The van der Waals surface area contributed by atoms with Gasteiger partial charge in [0.15, 0.2) is 0 Å². The summed E-state index contributed by atoms with van der Waals surface area (Å²) in [6.07, 6.45) is 0. The second kappa shape index (κ2) is 6.14. The van der Waals surface area contributed by atoms with E-state index >= 15 is 0 Å². The lowest BCUT2D eigenvalue weighted by Crippen LogP contribution is -2.37. The van der Waals surface area contributed by atoms with Gasteiger partial charge in [0.1, 0.15) is 0 Å². The summed E-state index contributed by atoms with van der Waals surface area (Å²) >= 11 is 4.07. The van der Waals surface area contributed by atoms with Crippen molar-refractivity contribution < 1.29 is 0 Å². The molecule has 4 heteroatoms. The van der Waals surface area contributed by atoms with E-state index in [0.29, 0.717) is 5.25 Å². The van der Waals surface area contributed by atoms with Crippen LogP contribution in [0.2, 0.25) is 0 Å². The molecule has 0 amide bonds. The Balaban J connectivity index is 2.21.